The summed E-state index contributed by atoms with van der Waals surface area (Å²) in [6.07, 6.45) is 1.31. The molecule has 0 bridgehead atoms. The number of carbonyl (C=O) groups is 1. The molecule has 0 saturated heterocycles. The second kappa shape index (κ2) is 10.6. The fourth-order valence-electron chi connectivity index (χ4n) is 3.11. The molecule has 2 aromatic carbocycles. The van der Waals surface area contributed by atoms with Crippen molar-refractivity contribution in [1.82, 2.24) is 10.3 Å². The summed E-state index contributed by atoms with van der Waals surface area (Å²) in [5, 5.41) is 7.77. The van der Waals surface area contributed by atoms with Crippen LogP contribution in [0.5, 0.6) is 17.2 Å². The Hall–Kier alpha value is -2.85. The van der Waals surface area contributed by atoms with Crippen LogP contribution in [0.4, 0.5) is 0 Å². The molecule has 8 nitrogen and oxygen atoms in total. The van der Waals surface area contributed by atoms with E-state index in [0.717, 1.165) is 11.3 Å². The van der Waals surface area contributed by atoms with Gasteiger partial charge in [0.2, 0.25) is 0 Å². The smallest absolute Gasteiger partial charge is 0.255 e. The van der Waals surface area contributed by atoms with Crippen molar-refractivity contribution >= 4 is 39.1 Å². The van der Waals surface area contributed by atoms with E-state index in [2.05, 4.69) is 10.3 Å². The van der Waals surface area contributed by atoms with Crippen LogP contribution in [0.3, 0.4) is 0 Å². The molecule has 0 aliphatic carbocycles. The van der Waals surface area contributed by atoms with Gasteiger partial charge in [-0.15, -0.1) is 0 Å². The van der Waals surface area contributed by atoms with Gasteiger partial charge in [-0.05, 0) is 47.9 Å². The van der Waals surface area contributed by atoms with Crippen LogP contribution < -0.4 is 19.9 Å². The first-order valence-electron chi connectivity index (χ1n) is 10.1. The third-order valence-electron chi connectivity index (χ3n) is 4.88. The van der Waals surface area contributed by atoms with Crippen LogP contribution in [-0.4, -0.2) is 26.4 Å². The van der Waals surface area contributed by atoms with Gasteiger partial charge in [-0.3, -0.25) is 4.79 Å². The lowest BCUT2D eigenvalue weighted by Gasteiger charge is -2.16. The maximum Gasteiger partial charge on any atom is 0.255 e. The Bertz CT molecular complexity index is 1310. The van der Waals surface area contributed by atoms with Gasteiger partial charge in [-0.2, -0.15) is 0 Å². The first kappa shape index (κ1) is 25.8. The number of aromatic nitrogens is 1. The van der Waals surface area contributed by atoms with Crippen LogP contribution in [0.2, 0.25) is 10.0 Å². The van der Waals surface area contributed by atoms with Gasteiger partial charge in [0.15, 0.2) is 10.8 Å². The van der Waals surface area contributed by atoms with Gasteiger partial charge in [-0.1, -0.05) is 43.1 Å². The zero-order chi connectivity index (χ0) is 25.0. The molecule has 11 heteroatoms. The fourth-order valence-corrected chi connectivity index (χ4v) is 4.10. The highest BCUT2D eigenvalue weighted by molar-refractivity contribution is 7.89. The average Bonchev–Trinajstić information content (AvgIpc) is 2.79. The number of primary sulfonamides is 1. The molecule has 0 saturated carbocycles. The van der Waals surface area contributed by atoms with E-state index in [4.69, 9.17) is 37.8 Å². The monoisotopic (exact) mass is 523 g/mol. The lowest BCUT2D eigenvalue weighted by atomic mass is 10.0. The van der Waals surface area contributed by atoms with Crippen molar-refractivity contribution in [2.24, 2.45) is 5.14 Å². The molecule has 0 radical (unpaired) electrons. The van der Waals surface area contributed by atoms with E-state index in [0.29, 0.717) is 11.3 Å². The largest absolute Gasteiger partial charge is 0.496 e. The summed E-state index contributed by atoms with van der Waals surface area (Å²) < 4.78 is 34.0. The van der Waals surface area contributed by atoms with Crippen LogP contribution in [0.15, 0.2) is 53.7 Å². The first-order chi connectivity index (χ1) is 16.0. The van der Waals surface area contributed by atoms with Crippen molar-refractivity contribution in [3.8, 4) is 17.2 Å². The van der Waals surface area contributed by atoms with Crippen LogP contribution in [-0.2, 0) is 16.6 Å². The second-order valence-corrected chi connectivity index (χ2v) is 9.92. The molecule has 0 fully saturated rings. The fraction of sp³-hybridized carbons (Fsp3) is 0.217. The number of nitrogens with zero attached hydrogens (tertiary/aromatic N) is 1. The van der Waals surface area contributed by atoms with Gasteiger partial charge in [0.05, 0.1) is 22.7 Å². The molecule has 1 heterocycles. The van der Waals surface area contributed by atoms with Crippen molar-refractivity contribution in [2.75, 3.05) is 7.11 Å². The Morgan fingerprint density at radius 2 is 1.88 bits per heavy atom. The van der Waals surface area contributed by atoms with E-state index in [1.54, 1.807) is 19.2 Å². The molecule has 3 rings (SSSR count). The third kappa shape index (κ3) is 5.98. The normalized spacial score (nSPS) is 11.4. The number of benzene rings is 2. The quantitative estimate of drug-likeness (QED) is 0.433. The van der Waals surface area contributed by atoms with Crippen LogP contribution >= 0.6 is 23.2 Å². The Morgan fingerprint density at radius 3 is 2.47 bits per heavy atom. The number of amides is 1. The van der Waals surface area contributed by atoms with Crippen LogP contribution in [0.1, 0.15) is 41.3 Å². The van der Waals surface area contributed by atoms with E-state index < -0.39 is 15.9 Å². The lowest BCUT2D eigenvalue weighted by Crippen LogP contribution is -2.23. The number of nitrogens with two attached hydrogens (primary N) is 1. The highest BCUT2D eigenvalue weighted by atomic mass is 35.5. The van der Waals surface area contributed by atoms with Gasteiger partial charge in [0.25, 0.3) is 15.9 Å². The standard InChI is InChI=1S/C23H23Cl2N3O5S/c1-13(2)17-10-15(5-8-19(17)32-3)33-22-18(24)7-6-16(21(22)25)23(29)28-12-14-4-9-20(27-11-14)34(26,30)31/h4-11,13H,12H2,1-3H3,(H,28,29)(H2,26,30,31). The van der Waals surface area contributed by atoms with Crippen LogP contribution in [0, 0.1) is 0 Å². The first-order valence-corrected chi connectivity index (χ1v) is 12.4. The lowest BCUT2D eigenvalue weighted by molar-refractivity contribution is 0.0950. The number of ether oxygens (including phenoxy) is 2. The van der Waals surface area contributed by atoms with E-state index in [1.807, 2.05) is 19.9 Å². The summed E-state index contributed by atoms with van der Waals surface area (Å²) in [6.45, 7) is 4.15. The molecule has 3 N–H and O–H groups in total. The predicted octanol–water partition coefficient (Wildman–Crippen LogP) is 4.89. The molecular formula is C23H23Cl2N3O5S. The minimum atomic E-state index is -3.90. The SMILES string of the molecule is COc1ccc(Oc2c(Cl)ccc(C(=O)NCc3ccc(S(N)(=O)=O)nc3)c2Cl)cc1C(C)C. The average molecular weight is 524 g/mol. The Balaban J connectivity index is 1.80. The number of hydrogen-bond acceptors (Lipinski definition) is 6. The number of pyridine rings is 1. The van der Waals surface area contributed by atoms with Gasteiger partial charge >= 0.3 is 0 Å². The summed E-state index contributed by atoms with van der Waals surface area (Å²) in [6, 6.07) is 11.1. The number of rotatable bonds is 8. The summed E-state index contributed by atoms with van der Waals surface area (Å²) >= 11 is 12.8. The summed E-state index contributed by atoms with van der Waals surface area (Å²) in [4.78, 5) is 16.5. The summed E-state index contributed by atoms with van der Waals surface area (Å²) in [5.74, 6) is 1.09. The summed E-state index contributed by atoms with van der Waals surface area (Å²) in [7, 11) is -2.30. The third-order valence-corrected chi connectivity index (χ3v) is 6.38. The zero-order valence-corrected chi connectivity index (χ0v) is 21.0. The summed E-state index contributed by atoms with van der Waals surface area (Å²) in [5.41, 5.74) is 1.68. The number of nitrogens with one attached hydrogen (secondary N) is 1. The van der Waals surface area contributed by atoms with E-state index in [9.17, 15) is 13.2 Å². The molecule has 0 atom stereocenters. The van der Waals surface area contributed by atoms with E-state index >= 15 is 0 Å². The van der Waals surface area contributed by atoms with Crippen molar-refractivity contribution < 1.29 is 22.7 Å². The molecule has 0 aliphatic heterocycles. The predicted molar refractivity (Wildman–Crippen MR) is 130 cm³/mol. The minimum Gasteiger partial charge on any atom is -0.496 e. The number of halogens is 2. The van der Waals surface area contributed by atoms with E-state index in [1.165, 1.54) is 30.5 Å². The molecule has 34 heavy (non-hydrogen) atoms. The molecule has 0 spiro atoms. The van der Waals surface area contributed by atoms with Gasteiger partial charge in [-0.25, -0.2) is 18.5 Å². The highest BCUT2D eigenvalue weighted by Crippen LogP contribution is 2.40. The minimum absolute atomic E-state index is 0.0506. The number of methoxy groups -OCH3 is 1. The Morgan fingerprint density at radius 1 is 1.15 bits per heavy atom. The van der Waals surface area contributed by atoms with Crippen molar-refractivity contribution in [3.05, 3.63) is 75.4 Å². The topological polar surface area (TPSA) is 121 Å². The van der Waals surface area contributed by atoms with Gasteiger partial charge < -0.3 is 14.8 Å². The van der Waals surface area contributed by atoms with Gasteiger partial charge in [0.1, 0.15) is 11.5 Å². The van der Waals surface area contributed by atoms with Gasteiger partial charge in [0, 0.05) is 18.3 Å². The van der Waals surface area contributed by atoms with E-state index in [-0.39, 0.29) is 38.8 Å². The van der Waals surface area contributed by atoms with Crippen molar-refractivity contribution in [2.45, 2.75) is 31.3 Å². The molecule has 0 aliphatic rings. The Kier molecular flexibility index (Phi) is 8.04. The number of sulfonamides is 1. The molecular weight excluding hydrogens is 501 g/mol. The molecule has 180 valence electrons. The van der Waals surface area contributed by atoms with Crippen molar-refractivity contribution in [1.29, 1.82) is 0 Å². The maximum absolute atomic E-state index is 12.8. The second-order valence-electron chi connectivity index (χ2n) is 7.63. The molecule has 1 amide bonds. The zero-order valence-electron chi connectivity index (χ0n) is 18.6. The van der Waals surface area contributed by atoms with Crippen LogP contribution in [0.25, 0.3) is 0 Å². The molecule has 0 unspecified atom stereocenters. The highest BCUT2D eigenvalue weighted by Gasteiger charge is 2.19. The number of hydrogen-bond donors (Lipinski definition) is 2. The maximum atomic E-state index is 12.8. The number of carbonyl (C=O) groups excluding carboxylic acids is 1. The van der Waals surface area contributed by atoms with Crippen molar-refractivity contribution in [3.63, 3.8) is 0 Å². The molecule has 3 aromatic rings. The Labute approximate surface area is 208 Å². The molecule has 1 aromatic heterocycles.